The standard InChI is InChI=1S/C15H19ClFN3O2/c1-9(12-5-4-11(17)6-13(12)16)20-15(22)19-8-14(21)18-7-10-2-3-10/h4-6,9-10H,2-3,7-8H2,1H3,(H,18,21)(H2,19,20,22)/t9-/m1/s1. The summed E-state index contributed by atoms with van der Waals surface area (Å²) in [6, 6.07) is 3.11. The smallest absolute Gasteiger partial charge is 0.315 e. The Morgan fingerprint density at radius 1 is 1.36 bits per heavy atom. The molecule has 0 spiro atoms. The van der Waals surface area contributed by atoms with Gasteiger partial charge in [0.05, 0.1) is 12.6 Å². The van der Waals surface area contributed by atoms with Crippen LogP contribution in [0.3, 0.4) is 0 Å². The molecule has 120 valence electrons. The number of rotatable bonds is 6. The lowest BCUT2D eigenvalue weighted by Crippen LogP contribution is -2.43. The van der Waals surface area contributed by atoms with Crippen LogP contribution in [0, 0.1) is 11.7 Å². The van der Waals surface area contributed by atoms with Gasteiger partial charge in [0.1, 0.15) is 5.82 Å². The highest BCUT2D eigenvalue weighted by Crippen LogP contribution is 2.27. The maximum atomic E-state index is 13.0. The van der Waals surface area contributed by atoms with Gasteiger partial charge in [0.15, 0.2) is 0 Å². The van der Waals surface area contributed by atoms with Crippen molar-refractivity contribution in [2.75, 3.05) is 13.1 Å². The molecular formula is C15H19ClFN3O2. The number of nitrogens with one attached hydrogen (secondary N) is 3. The topological polar surface area (TPSA) is 70.2 Å². The van der Waals surface area contributed by atoms with Crippen LogP contribution in [0.1, 0.15) is 31.4 Å². The van der Waals surface area contributed by atoms with Crippen LogP contribution in [0.5, 0.6) is 0 Å². The molecule has 0 aliphatic heterocycles. The van der Waals surface area contributed by atoms with E-state index in [1.54, 1.807) is 6.92 Å². The second kappa shape index (κ2) is 7.45. The molecule has 1 atom stereocenters. The number of halogens is 2. The Morgan fingerprint density at radius 3 is 2.73 bits per heavy atom. The minimum Gasteiger partial charge on any atom is -0.354 e. The predicted molar refractivity (Wildman–Crippen MR) is 82.1 cm³/mol. The van der Waals surface area contributed by atoms with Gasteiger partial charge in [-0.15, -0.1) is 0 Å². The lowest BCUT2D eigenvalue weighted by Gasteiger charge is -2.16. The largest absolute Gasteiger partial charge is 0.354 e. The molecule has 5 nitrogen and oxygen atoms in total. The van der Waals surface area contributed by atoms with Crippen LogP contribution < -0.4 is 16.0 Å². The van der Waals surface area contributed by atoms with E-state index in [-0.39, 0.29) is 17.5 Å². The molecule has 7 heteroatoms. The molecule has 0 radical (unpaired) electrons. The van der Waals surface area contributed by atoms with Gasteiger partial charge in [0.2, 0.25) is 5.91 Å². The summed E-state index contributed by atoms with van der Waals surface area (Å²) < 4.78 is 13.0. The van der Waals surface area contributed by atoms with Gasteiger partial charge >= 0.3 is 6.03 Å². The number of benzene rings is 1. The van der Waals surface area contributed by atoms with E-state index in [0.717, 1.165) is 12.8 Å². The van der Waals surface area contributed by atoms with E-state index in [0.29, 0.717) is 18.0 Å². The Labute approximate surface area is 133 Å². The Morgan fingerprint density at radius 2 is 2.09 bits per heavy atom. The fourth-order valence-electron chi connectivity index (χ4n) is 1.98. The summed E-state index contributed by atoms with van der Waals surface area (Å²) in [7, 11) is 0. The molecule has 1 fully saturated rings. The highest BCUT2D eigenvalue weighted by molar-refractivity contribution is 6.31. The van der Waals surface area contributed by atoms with Gasteiger partial charge in [-0.3, -0.25) is 4.79 Å². The van der Waals surface area contributed by atoms with Gasteiger partial charge in [0, 0.05) is 11.6 Å². The molecule has 0 aromatic heterocycles. The van der Waals surface area contributed by atoms with Gasteiger partial charge in [0.25, 0.3) is 0 Å². The molecule has 3 N–H and O–H groups in total. The van der Waals surface area contributed by atoms with Crippen LogP contribution in [-0.2, 0) is 4.79 Å². The first-order valence-corrected chi connectivity index (χ1v) is 7.59. The minimum atomic E-state index is -0.477. The van der Waals surface area contributed by atoms with E-state index in [1.807, 2.05) is 0 Å². The summed E-state index contributed by atoms with van der Waals surface area (Å²) in [5.41, 5.74) is 0.608. The van der Waals surface area contributed by atoms with Crippen molar-refractivity contribution in [3.8, 4) is 0 Å². The van der Waals surface area contributed by atoms with Crippen LogP contribution >= 0.6 is 11.6 Å². The fourth-order valence-corrected chi connectivity index (χ4v) is 2.31. The summed E-state index contributed by atoms with van der Waals surface area (Å²) in [6.07, 6.45) is 2.31. The molecule has 22 heavy (non-hydrogen) atoms. The third-order valence-electron chi connectivity index (χ3n) is 3.47. The third kappa shape index (κ3) is 5.18. The summed E-state index contributed by atoms with van der Waals surface area (Å²) >= 11 is 5.94. The van der Waals surface area contributed by atoms with Crippen LogP contribution in [0.15, 0.2) is 18.2 Å². The van der Waals surface area contributed by atoms with Crippen molar-refractivity contribution in [1.82, 2.24) is 16.0 Å². The van der Waals surface area contributed by atoms with Crippen molar-refractivity contribution in [2.45, 2.75) is 25.8 Å². The second-order valence-electron chi connectivity index (χ2n) is 5.46. The highest BCUT2D eigenvalue weighted by atomic mass is 35.5. The average Bonchev–Trinajstić information content (AvgIpc) is 3.26. The van der Waals surface area contributed by atoms with E-state index < -0.39 is 17.9 Å². The quantitative estimate of drug-likeness (QED) is 0.750. The van der Waals surface area contributed by atoms with Crippen molar-refractivity contribution in [3.05, 3.63) is 34.6 Å². The summed E-state index contributed by atoms with van der Waals surface area (Å²) in [6.45, 7) is 2.32. The lowest BCUT2D eigenvalue weighted by molar-refractivity contribution is -0.120. The van der Waals surface area contributed by atoms with Crippen LogP contribution in [0.4, 0.5) is 9.18 Å². The Hall–Kier alpha value is -1.82. The monoisotopic (exact) mass is 327 g/mol. The molecule has 1 aliphatic rings. The van der Waals surface area contributed by atoms with E-state index in [2.05, 4.69) is 16.0 Å². The number of hydrogen-bond donors (Lipinski definition) is 3. The van der Waals surface area contributed by atoms with Gasteiger partial charge < -0.3 is 16.0 Å². The first-order chi connectivity index (χ1) is 10.5. The molecule has 0 unspecified atom stereocenters. The number of hydrogen-bond acceptors (Lipinski definition) is 2. The van der Waals surface area contributed by atoms with Gasteiger partial charge in [-0.2, -0.15) is 0 Å². The number of carbonyl (C=O) groups excluding carboxylic acids is 2. The van der Waals surface area contributed by atoms with Crippen molar-refractivity contribution in [3.63, 3.8) is 0 Å². The molecule has 1 aliphatic carbocycles. The van der Waals surface area contributed by atoms with E-state index in [9.17, 15) is 14.0 Å². The van der Waals surface area contributed by atoms with Crippen molar-refractivity contribution < 1.29 is 14.0 Å². The first-order valence-electron chi connectivity index (χ1n) is 7.21. The summed E-state index contributed by atoms with van der Waals surface area (Å²) in [5, 5.41) is 8.13. The van der Waals surface area contributed by atoms with E-state index in [1.165, 1.54) is 18.2 Å². The van der Waals surface area contributed by atoms with Crippen LogP contribution in [0.2, 0.25) is 5.02 Å². The first kappa shape index (κ1) is 16.5. The zero-order valence-electron chi connectivity index (χ0n) is 12.3. The maximum absolute atomic E-state index is 13.0. The van der Waals surface area contributed by atoms with Crippen molar-refractivity contribution >= 4 is 23.5 Å². The Bertz CT molecular complexity index is 564. The molecular weight excluding hydrogens is 309 g/mol. The fraction of sp³-hybridized carbons (Fsp3) is 0.467. The molecule has 0 heterocycles. The van der Waals surface area contributed by atoms with Crippen molar-refractivity contribution in [2.24, 2.45) is 5.92 Å². The minimum absolute atomic E-state index is 0.0809. The third-order valence-corrected chi connectivity index (χ3v) is 3.80. The normalized spacial score (nSPS) is 15.0. The van der Waals surface area contributed by atoms with E-state index >= 15 is 0 Å². The van der Waals surface area contributed by atoms with Gasteiger partial charge in [-0.05, 0) is 43.4 Å². The predicted octanol–water partition coefficient (Wildman–Crippen LogP) is 2.37. The number of carbonyl (C=O) groups is 2. The number of urea groups is 1. The molecule has 0 saturated heterocycles. The van der Waals surface area contributed by atoms with E-state index in [4.69, 9.17) is 11.6 Å². The van der Waals surface area contributed by atoms with Crippen molar-refractivity contribution in [1.29, 1.82) is 0 Å². The molecule has 1 aromatic rings. The second-order valence-corrected chi connectivity index (χ2v) is 5.87. The molecule has 2 rings (SSSR count). The number of amides is 3. The van der Waals surface area contributed by atoms with Crippen LogP contribution in [0.25, 0.3) is 0 Å². The molecule has 3 amide bonds. The molecule has 0 bridgehead atoms. The Balaban J connectivity index is 1.74. The Kier molecular flexibility index (Phi) is 5.60. The van der Waals surface area contributed by atoms with Gasteiger partial charge in [-0.25, -0.2) is 9.18 Å². The molecule has 1 saturated carbocycles. The zero-order valence-corrected chi connectivity index (χ0v) is 13.0. The summed E-state index contributed by atoms with van der Waals surface area (Å²) in [5.74, 6) is -0.0503. The van der Waals surface area contributed by atoms with Crippen LogP contribution in [-0.4, -0.2) is 25.0 Å². The maximum Gasteiger partial charge on any atom is 0.315 e. The molecule has 1 aromatic carbocycles. The average molecular weight is 328 g/mol. The summed E-state index contributed by atoms with van der Waals surface area (Å²) in [4.78, 5) is 23.3. The highest BCUT2D eigenvalue weighted by Gasteiger charge is 2.21. The van der Waals surface area contributed by atoms with Gasteiger partial charge in [-0.1, -0.05) is 17.7 Å². The lowest BCUT2D eigenvalue weighted by atomic mass is 10.1. The zero-order chi connectivity index (χ0) is 16.1. The SMILES string of the molecule is C[C@@H](NC(=O)NCC(=O)NCC1CC1)c1ccc(F)cc1Cl.